The molecule has 2 heterocycles. The molecule has 38 heavy (non-hydrogen) atoms. The van der Waals surface area contributed by atoms with Gasteiger partial charge in [0.2, 0.25) is 0 Å². The van der Waals surface area contributed by atoms with Gasteiger partial charge in [0.05, 0.1) is 18.4 Å². The second kappa shape index (κ2) is 10.8. The van der Waals surface area contributed by atoms with Crippen molar-refractivity contribution >= 4 is 17.6 Å². The third-order valence-corrected chi connectivity index (χ3v) is 6.98. The summed E-state index contributed by atoms with van der Waals surface area (Å²) >= 11 is 0. The number of piperazine rings is 1. The van der Waals surface area contributed by atoms with Gasteiger partial charge < -0.3 is 24.4 Å². The molecule has 1 saturated heterocycles. The summed E-state index contributed by atoms with van der Waals surface area (Å²) in [7, 11) is 1.65. The van der Waals surface area contributed by atoms with Crippen molar-refractivity contribution in [2.75, 3.05) is 38.6 Å². The van der Waals surface area contributed by atoms with Crippen LogP contribution in [0.4, 0.5) is 10.5 Å². The number of amides is 3. The quantitative estimate of drug-likeness (QED) is 0.373. The minimum atomic E-state index is -0.144. The van der Waals surface area contributed by atoms with E-state index in [1.165, 1.54) is 0 Å². The lowest BCUT2D eigenvalue weighted by atomic mass is 10.1. The van der Waals surface area contributed by atoms with Crippen LogP contribution in [-0.2, 0) is 0 Å². The van der Waals surface area contributed by atoms with Gasteiger partial charge in [0.15, 0.2) is 0 Å². The normalized spacial score (nSPS) is 13.3. The molecule has 5 rings (SSSR count). The first-order valence-corrected chi connectivity index (χ1v) is 12.8. The van der Waals surface area contributed by atoms with Crippen molar-refractivity contribution < 1.29 is 14.3 Å². The Kier molecular flexibility index (Phi) is 7.18. The predicted octanol–water partition coefficient (Wildman–Crippen LogP) is 5.76. The zero-order chi connectivity index (χ0) is 26.6. The van der Waals surface area contributed by atoms with Crippen molar-refractivity contribution in [3.8, 4) is 22.7 Å². The van der Waals surface area contributed by atoms with Gasteiger partial charge in [-0.05, 0) is 55.3 Å². The molecule has 0 bridgehead atoms. The van der Waals surface area contributed by atoms with Crippen LogP contribution in [-0.4, -0.2) is 59.6 Å². The summed E-state index contributed by atoms with van der Waals surface area (Å²) in [6.07, 6.45) is 0. The van der Waals surface area contributed by atoms with Crippen LogP contribution in [0.2, 0.25) is 0 Å². The molecule has 3 aromatic carbocycles. The molecule has 0 radical (unpaired) electrons. The van der Waals surface area contributed by atoms with Gasteiger partial charge >= 0.3 is 6.03 Å². The third-order valence-electron chi connectivity index (χ3n) is 6.98. The molecule has 7 nitrogen and oxygen atoms in total. The van der Waals surface area contributed by atoms with Gasteiger partial charge in [-0.15, -0.1) is 0 Å². The molecule has 4 aromatic rings. The van der Waals surface area contributed by atoms with Gasteiger partial charge in [0, 0.05) is 49.3 Å². The van der Waals surface area contributed by atoms with E-state index in [0.717, 1.165) is 39.6 Å². The summed E-state index contributed by atoms with van der Waals surface area (Å²) < 4.78 is 7.57. The van der Waals surface area contributed by atoms with Crippen molar-refractivity contribution in [1.82, 2.24) is 14.4 Å². The summed E-state index contributed by atoms with van der Waals surface area (Å²) in [4.78, 5) is 30.1. The number of urea groups is 1. The number of anilines is 1. The SMILES string of the molecule is COc1cccc(-n2c(-c3ccccc3)cc(C(=O)N3CCN(C(=O)Nc4cccc(C)c4)CC3)c2C)c1. The Balaban J connectivity index is 1.37. The van der Waals surface area contributed by atoms with Gasteiger partial charge in [-0.25, -0.2) is 4.79 Å². The number of hydrogen-bond donors (Lipinski definition) is 1. The number of benzene rings is 3. The van der Waals surface area contributed by atoms with Gasteiger partial charge in [0.25, 0.3) is 5.91 Å². The van der Waals surface area contributed by atoms with Crippen LogP contribution >= 0.6 is 0 Å². The average molecular weight is 509 g/mol. The fourth-order valence-corrected chi connectivity index (χ4v) is 4.94. The molecule has 1 fully saturated rings. The fourth-order valence-electron chi connectivity index (χ4n) is 4.94. The standard InChI is InChI=1S/C31H32N4O3/c1-22-9-7-12-25(19-22)32-31(37)34-17-15-33(16-18-34)30(36)28-21-29(24-10-5-4-6-11-24)35(23(28)2)26-13-8-14-27(20-26)38-3/h4-14,19-21H,15-18H2,1-3H3,(H,32,37). The van der Waals surface area contributed by atoms with E-state index in [1.54, 1.807) is 12.0 Å². The molecule has 1 N–H and O–H groups in total. The van der Waals surface area contributed by atoms with E-state index in [0.29, 0.717) is 31.7 Å². The van der Waals surface area contributed by atoms with Gasteiger partial charge in [0.1, 0.15) is 5.75 Å². The fraction of sp³-hybridized carbons (Fsp3) is 0.226. The number of nitrogens with zero attached hydrogens (tertiary/aromatic N) is 3. The molecule has 1 aliphatic heterocycles. The highest BCUT2D eigenvalue weighted by Gasteiger charge is 2.28. The van der Waals surface area contributed by atoms with Gasteiger partial charge in [-0.2, -0.15) is 0 Å². The number of nitrogens with one attached hydrogen (secondary N) is 1. The lowest BCUT2D eigenvalue weighted by Gasteiger charge is -2.34. The molecule has 3 amide bonds. The number of hydrogen-bond acceptors (Lipinski definition) is 3. The number of aryl methyl sites for hydroxylation is 1. The first-order chi connectivity index (χ1) is 18.4. The van der Waals surface area contributed by atoms with Crippen LogP contribution in [0, 0.1) is 13.8 Å². The van der Waals surface area contributed by atoms with Gasteiger partial charge in [-0.3, -0.25) is 4.79 Å². The molecular formula is C31H32N4O3. The Hall–Kier alpha value is -4.52. The summed E-state index contributed by atoms with van der Waals surface area (Å²) in [5.74, 6) is 0.725. The van der Waals surface area contributed by atoms with E-state index in [4.69, 9.17) is 4.74 Å². The highest BCUT2D eigenvalue weighted by atomic mass is 16.5. The molecule has 1 aliphatic rings. The van der Waals surface area contributed by atoms with Crippen LogP contribution < -0.4 is 10.1 Å². The molecule has 0 atom stereocenters. The number of carbonyl (C=O) groups is 2. The Bertz CT molecular complexity index is 1450. The Morgan fingerprint density at radius 3 is 2.21 bits per heavy atom. The van der Waals surface area contributed by atoms with Crippen LogP contribution in [0.1, 0.15) is 21.6 Å². The Morgan fingerprint density at radius 1 is 0.789 bits per heavy atom. The van der Waals surface area contributed by atoms with E-state index in [-0.39, 0.29) is 11.9 Å². The molecule has 0 aliphatic carbocycles. The zero-order valence-corrected chi connectivity index (χ0v) is 22.0. The minimum absolute atomic E-state index is 0.0277. The number of rotatable bonds is 5. The molecule has 1 aromatic heterocycles. The van der Waals surface area contributed by atoms with Crippen molar-refractivity contribution in [2.45, 2.75) is 13.8 Å². The van der Waals surface area contributed by atoms with E-state index in [2.05, 4.69) is 9.88 Å². The van der Waals surface area contributed by atoms with Gasteiger partial charge in [-0.1, -0.05) is 48.5 Å². The first-order valence-electron chi connectivity index (χ1n) is 12.8. The Labute approximate surface area is 223 Å². The lowest BCUT2D eigenvalue weighted by molar-refractivity contribution is 0.0671. The van der Waals surface area contributed by atoms with Crippen molar-refractivity contribution in [2.24, 2.45) is 0 Å². The van der Waals surface area contributed by atoms with Crippen LogP contribution in [0.15, 0.2) is 84.9 Å². The van der Waals surface area contributed by atoms with Crippen LogP contribution in [0.3, 0.4) is 0 Å². The smallest absolute Gasteiger partial charge is 0.321 e. The first kappa shape index (κ1) is 25.1. The summed E-state index contributed by atoms with van der Waals surface area (Å²) in [5.41, 5.74) is 6.27. The van der Waals surface area contributed by atoms with Crippen LogP contribution in [0.5, 0.6) is 5.75 Å². The summed E-state index contributed by atoms with van der Waals surface area (Å²) in [5, 5.41) is 2.96. The van der Waals surface area contributed by atoms with Crippen molar-refractivity contribution in [3.05, 3.63) is 102 Å². The summed E-state index contributed by atoms with van der Waals surface area (Å²) in [6.45, 7) is 5.88. The Morgan fingerprint density at radius 2 is 1.50 bits per heavy atom. The second-order valence-corrected chi connectivity index (χ2v) is 9.51. The van der Waals surface area contributed by atoms with E-state index in [9.17, 15) is 9.59 Å². The molecule has 0 unspecified atom stereocenters. The van der Waals surface area contributed by atoms with Crippen molar-refractivity contribution in [3.63, 3.8) is 0 Å². The molecule has 0 spiro atoms. The topological polar surface area (TPSA) is 66.8 Å². The summed E-state index contributed by atoms with van der Waals surface area (Å²) in [6, 6.07) is 27.5. The minimum Gasteiger partial charge on any atom is -0.497 e. The maximum absolute atomic E-state index is 13.7. The molecule has 194 valence electrons. The average Bonchev–Trinajstić information content (AvgIpc) is 3.30. The predicted molar refractivity (Wildman–Crippen MR) is 150 cm³/mol. The van der Waals surface area contributed by atoms with E-state index >= 15 is 0 Å². The highest BCUT2D eigenvalue weighted by molar-refractivity contribution is 5.97. The number of methoxy groups -OCH3 is 1. The lowest BCUT2D eigenvalue weighted by Crippen LogP contribution is -2.51. The third kappa shape index (κ3) is 5.13. The molecular weight excluding hydrogens is 476 g/mol. The van der Waals surface area contributed by atoms with Crippen molar-refractivity contribution in [1.29, 1.82) is 0 Å². The highest BCUT2D eigenvalue weighted by Crippen LogP contribution is 2.31. The zero-order valence-electron chi connectivity index (χ0n) is 22.0. The van der Waals surface area contributed by atoms with E-state index < -0.39 is 0 Å². The maximum Gasteiger partial charge on any atom is 0.321 e. The number of carbonyl (C=O) groups excluding carboxylic acids is 2. The maximum atomic E-state index is 13.7. The monoisotopic (exact) mass is 508 g/mol. The molecule has 0 saturated carbocycles. The van der Waals surface area contributed by atoms with E-state index in [1.807, 2.05) is 104 Å². The van der Waals surface area contributed by atoms with Crippen LogP contribution in [0.25, 0.3) is 16.9 Å². The number of ether oxygens (including phenoxy) is 1. The largest absolute Gasteiger partial charge is 0.497 e. The number of aromatic nitrogens is 1. The second-order valence-electron chi connectivity index (χ2n) is 9.51. The molecule has 7 heteroatoms.